The van der Waals surface area contributed by atoms with E-state index in [9.17, 15) is 22.8 Å². The van der Waals surface area contributed by atoms with Crippen LogP contribution >= 0.6 is 0 Å². The highest BCUT2D eigenvalue weighted by atomic mass is 19.4. The number of likely N-dealkylation sites (tertiary alicyclic amines) is 1. The Labute approximate surface area is 176 Å². The minimum absolute atomic E-state index is 0.0718. The van der Waals surface area contributed by atoms with Crippen LogP contribution in [-0.4, -0.2) is 38.4 Å². The van der Waals surface area contributed by atoms with Crippen molar-refractivity contribution in [3.63, 3.8) is 0 Å². The first kappa shape index (κ1) is 21.0. The van der Waals surface area contributed by atoms with E-state index in [2.05, 4.69) is 9.97 Å². The summed E-state index contributed by atoms with van der Waals surface area (Å²) < 4.78 is 39.6. The number of carbonyl (C=O) groups is 1. The normalized spacial score (nSPS) is 15.4. The van der Waals surface area contributed by atoms with E-state index in [-0.39, 0.29) is 22.9 Å². The molecule has 1 aliphatic heterocycles. The highest BCUT2D eigenvalue weighted by molar-refractivity contribution is 5.94. The van der Waals surface area contributed by atoms with E-state index in [1.54, 1.807) is 15.5 Å². The van der Waals surface area contributed by atoms with Crippen LogP contribution in [0, 0.1) is 12.8 Å². The molecular formula is C22H21F3N4O2. The highest BCUT2D eigenvalue weighted by Crippen LogP contribution is 2.27. The summed E-state index contributed by atoms with van der Waals surface area (Å²) in [5, 5.41) is 0.579. The van der Waals surface area contributed by atoms with E-state index < -0.39 is 11.9 Å². The van der Waals surface area contributed by atoms with E-state index in [0.717, 1.165) is 18.3 Å². The summed E-state index contributed by atoms with van der Waals surface area (Å²) in [4.78, 5) is 35.0. The molecule has 3 aromatic rings. The standard InChI is InChI=1S/C22H21F3N4O2/c1-14-27-18-5-3-2-4-17(18)21(31)29(14)13-15-8-10-28(11-9-15)20(30)16-6-7-19(26-12-16)22(23,24)25/h2-7,12,15H,8-11,13H2,1H3. The number of hydrogen-bond donors (Lipinski definition) is 0. The molecule has 0 unspecified atom stereocenters. The van der Waals surface area contributed by atoms with Crippen molar-refractivity contribution in [2.75, 3.05) is 13.1 Å². The second kappa shape index (κ2) is 8.13. The summed E-state index contributed by atoms with van der Waals surface area (Å²) in [5.41, 5.74) is -0.283. The second-order valence-corrected chi connectivity index (χ2v) is 7.76. The fraction of sp³-hybridized carbons (Fsp3) is 0.364. The van der Waals surface area contributed by atoms with Crippen LogP contribution in [0.25, 0.3) is 10.9 Å². The van der Waals surface area contributed by atoms with Crippen LogP contribution in [0.4, 0.5) is 13.2 Å². The largest absolute Gasteiger partial charge is 0.433 e. The summed E-state index contributed by atoms with van der Waals surface area (Å²) in [5.74, 6) is 0.521. The third-order valence-corrected chi connectivity index (χ3v) is 5.70. The van der Waals surface area contributed by atoms with Crippen LogP contribution in [0.5, 0.6) is 0 Å². The Balaban J connectivity index is 1.42. The number of benzene rings is 1. The number of carbonyl (C=O) groups excluding carboxylic acids is 1. The molecule has 0 bridgehead atoms. The molecule has 162 valence electrons. The quantitative estimate of drug-likeness (QED) is 0.636. The molecule has 6 nitrogen and oxygen atoms in total. The van der Waals surface area contributed by atoms with Crippen molar-refractivity contribution in [2.45, 2.75) is 32.5 Å². The van der Waals surface area contributed by atoms with Crippen molar-refractivity contribution in [3.8, 4) is 0 Å². The molecule has 9 heteroatoms. The van der Waals surface area contributed by atoms with Gasteiger partial charge < -0.3 is 4.90 Å². The average molecular weight is 430 g/mol. The van der Waals surface area contributed by atoms with E-state index >= 15 is 0 Å². The van der Waals surface area contributed by atoms with E-state index in [1.165, 1.54) is 0 Å². The SMILES string of the molecule is Cc1nc2ccccc2c(=O)n1CC1CCN(C(=O)c2ccc(C(F)(F)F)nc2)CC1. The van der Waals surface area contributed by atoms with Crippen molar-refractivity contribution in [1.82, 2.24) is 19.4 Å². The minimum atomic E-state index is -4.53. The van der Waals surface area contributed by atoms with Crippen molar-refractivity contribution >= 4 is 16.8 Å². The van der Waals surface area contributed by atoms with Crippen LogP contribution in [0.15, 0.2) is 47.4 Å². The average Bonchev–Trinajstić information content (AvgIpc) is 2.76. The molecular weight excluding hydrogens is 409 g/mol. The van der Waals surface area contributed by atoms with Gasteiger partial charge in [-0.3, -0.25) is 19.1 Å². The number of fused-ring (bicyclic) bond motifs is 1. The first-order valence-corrected chi connectivity index (χ1v) is 10.0. The summed E-state index contributed by atoms with van der Waals surface area (Å²) in [6.07, 6.45) is -2.17. The van der Waals surface area contributed by atoms with Gasteiger partial charge in [0.2, 0.25) is 0 Å². The van der Waals surface area contributed by atoms with Gasteiger partial charge in [0, 0.05) is 25.8 Å². The predicted octanol–water partition coefficient (Wildman–Crippen LogP) is 3.67. The maximum absolute atomic E-state index is 12.9. The molecule has 0 spiro atoms. The number of rotatable bonds is 3. The summed E-state index contributed by atoms with van der Waals surface area (Å²) in [6, 6.07) is 9.22. The zero-order valence-corrected chi connectivity index (χ0v) is 16.9. The fourth-order valence-corrected chi connectivity index (χ4v) is 3.94. The van der Waals surface area contributed by atoms with E-state index in [4.69, 9.17) is 0 Å². The molecule has 1 fully saturated rings. The smallest absolute Gasteiger partial charge is 0.339 e. The van der Waals surface area contributed by atoms with Gasteiger partial charge in [0.15, 0.2) is 0 Å². The lowest BCUT2D eigenvalue weighted by molar-refractivity contribution is -0.141. The molecule has 0 aliphatic carbocycles. The lowest BCUT2D eigenvalue weighted by Crippen LogP contribution is -2.40. The number of amides is 1. The summed E-state index contributed by atoms with van der Waals surface area (Å²) in [6.45, 7) is 3.27. The Morgan fingerprint density at radius 2 is 1.84 bits per heavy atom. The topological polar surface area (TPSA) is 68.1 Å². The predicted molar refractivity (Wildman–Crippen MR) is 109 cm³/mol. The van der Waals surface area contributed by atoms with Crippen LogP contribution in [0.3, 0.4) is 0 Å². The Kier molecular flexibility index (Phi) is 5.51. The molecule has 1 saturated heterocycles. The number of nitrogens with zero attached hydrogens (tertiary/aromatic N) is 4. The Morgan fingerprint density at radius 1 is 1.13 bits per heavy atom. The minimum Gasteiger partial charge on any atom is -0.339 e. The summed E-state index contributed by atoms with van der Waals surface area (Å²) in [7, 11) is 0. The fourth-order valence-electron chi connectivity index (χ4n) is 3.94. The van der Waals surface area contributed by atoms with Gasteiger partial charge in [-0.25, -0.2) is 4.98 Å². The van der Waals surface area contributed by atoms with Crippen molar-refractivity contribution in [3.05, 3.63) is 70.0 Å². The van der Waals surface area contributed by atoms with Crippen LogP contribution < -0.4 is 5.56 Å². The third-order valence-electron chi connectivity index (χ3n) is 5.70. The van der Waals surface area contributed by atoms with Gasteiger partial charge in [-0.15, -0.1) is 0 Å². The number of aryl methyl sites for hydroxylation is 1. The molecule has 4 rings (SSSR count). The lowest BCUT2D eigenvalue weighted by Gasteiger charge is -2.32. The Bertz CT molecular complexity index is 1160. The number of alkyl halides is 3. The number of halogens is 3. The monoisotopic (exact) mass is 430 g/mol. The molecule has 0 N–H and O–H groups in total. The maximum atomic E-state index is 12.9. The summed E-state index contributed by atoms with van der Waals surface area (Å²) >= 11 is 0. The van der Waals surface area contributed by atoms with Crippen molar-refractivity contribution in [1.29, 1.82) is 0 Å². The Hall–Kier alpha value is -3.23. The lowest BCUT2D eigenvalue weighted by atomic mass is 9.96. The molecule has 1 aromatic carbocycles. The molecule has 0 radical (unpaired) electrons. The van der Waals surface area contributed by atoms with Crippen LogP contribution in [-0.2, 0) is 12.7 Å². The number of aromatic nitrogens is 3. The number of pyridine rings is 1. The zero-order chi connectivity index (χ0) is 22.2. The number of piperidine rings is 1. The highest BCUT2D eigenvalue weighted by Gasteiger charge is 2.32. The molecule has 0 atom stereocenters. The maximum Gasteiger partial charge on any atom is 0.433 e. The van der Waals surface area contributed by atoms with E-state index in [1.807, 2.05) is 25.1 Å². The van der Waals surface area contributed by atoms with Gasteiger partial charge in [0.25, 0.3) is 11.5 Å². The molecule has 31 heavy (non-hydrogen) atoms. The van der Waals surface area contributed by atoms with Crippen LogP contribution in [0.1, 0.15) is 34.7 Å². The Morgan fingerprint density at radius 3 is 2.48 bits per heavy atom. The second-order valence-electron chi connectivity index (χ2n) is 7.76. The van der Waals surface area contributed by atoms with Gasteiger partial charge in [-0.2, -0.15) is 13.2 Å². The van der Waals surface area contributed by atoms with Gasteiger partial charge in [0.1, 0.15) is 11.5 Å². The molecule has 3 heterocycles. The first-order chi connectivity index (χ1) is 14.7. The van der Waals surface area contributed by atoms with Gasteiger partial charge >= 0.3 is 6.18 Å². The van der Waals surface area contributed by atoms with Gasteiger partial charge in [0.05, 0.1) is 16.5 Å². The molecule has 1 aliphatic rings. The van der Waals surface area contributed by atoms with Crippen LogP contribution in [0.2, 0.25) is 0 Å². The molecule has 1 amide bonds. The zero-order valence-electron chi connectivity index (χ0n) is 16.9. The van der Waals surface area contributed by atoms with Crippen molar-refractivity contribution in [2.24, 2.45) is 5.92 Å². The third kappa shape index (κ3) is 4.30. The van der Waals surface area contributed by atoms with Gasteiger partial charge in [-0.1, -0.05) is 12.1 Å². The number of para-hydroxylation sites is 1. The van der Waals surface area contributed by atoms with E-state index in [0.29, 0.717) is 49.2 Å². The molecule has 2 aromatic heterocycles. The first-order valence-electron chi connectivity index (χ1n) is 10.0. The van der Waals surface area contributed by atoms with Gasteiger partial charge in [-0.05, 0) is 49.9 Å². The van der Waals surface area contributed by atoms with Crippen molar-refractivity contribution < 1.29 is 18.0 Å². The molecule has 0 saturated carbocycles. The number of hydrogen-bond acceptors (Lipinski definition) is 4.